The van der Waals surface area contributed by atoms with E-state index in [9.17, 15) is 9.18 Å². The van der Waals surface area contributed by atoms with Gasteiger partial charge in [-0.2, -0.15) is 5.10 Å². The first-order chi connectivity index (χ1) is 11.1. The molecule has 0 bridgehead atoms. The lowest BCUT2D eigenvalue weighted by Gasteiger charge is -2.08. The van der Waals surface area contributed by atoms with Crippen molar-refractivity contribution >= 4 is 21.8 Å². The summed E-state index contributed by atoms with van der Waals surface area (Å²) in [6, 6.07) is 13.8. The molecule has 1 amide bonds. The summed E-state index contributed by atoms with van der Waals surface area (Å²) < 4.78 is 14.0. The molecule has 0 spiro atoms. The molecule has 0 aliphatic carbocycles. The maximum atomic E-state index is 13.3. The molecule has 116 valence electrons. The average molecular weight is 374 g/mol. The molecule has 3 aromatic rings. The molecule has 0 aliphatic heterocycles. The number of hydrogen-bond donors (Lipinski definition) is 2. The Morgan fingerprint density at radius 2 is 2.00 bits per heavy atom. The fraction of sp³-hybridized carbons (Fsp3) is 0.0588. The van der Waals surface area contributed by atoms with Gasteiger partial charge in [-0.3, -0.25) is 9.89 Å². The van der Waals surface area contributed by atoms with Crippen molar-refractivity contribution < 1.29 is 9.18 Å². The molecular formula is C17H13BrFN3O. The van der Waals surface area contributed by atoms with Gasteiger partial charge in [-0.25, -0.2) is 4.39 Å². The number of amides is 1. The van der Waals surface area contributed by atoms with E-state index in [0.717, 1.165) is 10.0 Å². The van der Waals surface area contributed by atoms with Gasteiger partial charge in [-0.05, 0) is 23.8 Å². The molecule has 1 heterocycles. The third-order valence-corrected chi connectivity index (χ3v) is 4.17. The highest BCUT2D eigenvalue weighted by atomic mass is 79.9. The Labute approximate surface area is 140 Å². The predicted octanol–water partition coefficient (Wildman–Crippen LogP) is 3.91. The van der Waals surface area contributed by atoms with Gasteiger partial charge in [0.15, 0.2) is 0 Å². The minimum absolute atomic E-state index is 0.219. The molecule has 0 saturated carbocycles. The van der Waals surface area contributed by atoms with E-state index < -0.39 is 0 Å². The lowest BCUT2D eigenvalue weighted by molar-refractivity contribution is 0.0951. The van der Waals surface area contributed by atoms with Crippen LogP contribution >= 0.6 is 15.9 Å². The molecule has 0 unspecified atom stereocenters. The molecular weight excluding hydrogens is 361 g/mol. The van der Waals surface area contributed by atoms with Gasteiger partial charge < -0.3 is 5.32 Å². The number of H-pyrrole nitrogens is 1. The van der Waals surface area contributed by atoms with E-state index in [1.807, 2.05) is 30.3 Å². The SMILES string of the molecule is O=C(NCc1cc(F)ccc1Br)c1cn[nH]c1-c1ccccc1. The number of carbonyl (C=O) groups is 1. The van der Waals surface area contributed by atoms with Crippen molar-refractivity contribution in [3.63, 3.8) is 0 Å². The van der Waals surface area contributed by atoms with Crippen molar-refractivity contribution in [3.05, 3.63) is 76.1 Å². The van der Waals surface area contributed by atoms with Gasteiger partial charge in [-0.15, -0.1) is 0 Å². The Balaban J connectivity index is 1.77. The monoisotopic (exact) mass is 373 g/mol. The third-order valence-electron chi connectivity index (χ3n) is 3.39. The van der Waals surface area contributed by atoms with Crippen LogP contribution in [0, 0.1) is 5.82 Å². The quantitative estimate of drug-likeness (QED) is 0.728. The Bertz CT molecular complexity index is 833. The number of rotatable bonds is 4. The standard InChI is InChI=1S/C17H13BrFN3O/c18-15-7-6-13(19)8-12(15)9-20-17(23)14-10-21-22-16(14)11-4-2-1-3-5-11/h1-8,10H,9H2,(H,20,23)(H,21,22). The molecule has 4 nitrogen and oxygen atoms in total. The predicted molar refractivity (Wildman–Crippen MR) is 89.3 cm³/mol. The highest BCUT2D eigenvalue weighted by Gasteiger charge is 2.15. The van der Waals surface area contributed by atoms with Gasteiger partial charge in [0.25, 0.3) is 5.91 Å². The minimum Gasteiger partial charge on any atom is -0.348 e. The van der Waals surface area contributed by atoms with Crippen LogP contribution in [0.5, 0.6) is 0 Å². The lowest BCUT2D eigenvalue weighted by atomic mass is 10.1. The lowest BCUT2D eigenvalue weighted by Crippen LogP contribution is -2.23. The average Bonchev–Trinajstić information content (AvgIpc) is 3.06. The summed E-state index contributed by atoms with van der Waals surface area (Å²) in [7, 11) is 0. The van der Waals surface area contributed by atoms with E-state index in [1.54, 1.807) is 6.07 Å². The minimum atomic E-state index is -0.342. The van der Waals surface area contributed by atoms with Crippen LogP contribution < -0.4 is 5.32 Å². The number of carbonyl (C=O) groups excluding carboxylic acids is 1. The molecule has 0 radical (unpaired) electrons. The van der Waals surface area contributed by atoms with Crippen LogP contribution in [0.3, 0.4) is 0 Å². The molecule has 1 aromatic heterocycles. The fourth-order valence-electron chi connectivity index (χ4n) is 2.23. The molecule has 0 fully saturated rings. The maximum absolute atomic E-state index is 13.3. The van der Waals surface area contributed by atoms with Gasteiger partial charge >= 0.3 is 0 Å². The number of hydrogen-bond acceptors (Lipinski definition) is 2. The highest BCUT2D eigenvalue weighted by Crippen LogP contribution is 2.21. The number of aromatic amines is 1. The van der Waals surface area contributed by atoms with Crippen LogP contribution in [0.15, 0.2) is 59.2 Å². The zero-order valence-corrected chi connectivity index (χ0v) is 13.6. The van der Waals surface area contributed by atoms with Crippen molar-refractivity contribution in [2.24, 2.45) is 0 Å². The van der Waals surface area contributed by atoms with Gasteiger partial charge in [-0.1, -0.05) is 46.3 Å². The molecule has 0 aliphatic rings. The number of nitrogens with one attached hydrogen (secondary N) is 2. The third kappa shape index (κ3) is 3.48. The van der Waals surface area contributed by atoms with Gasteiger partial charge in [0, 0.05) is 16.6 Å². The number of benzene rings is 2. The second-order valence-electron chi connectivity index (χ2n) is 4.94. The Hall–Kier alpha value is -2.47. The van der Waals surface area contributed by atoms with Crippen LogP contribution in [0.25, 0.3) is 11.3 Å². The summed E-state index contributed by atoms with van der Waals surface area (Å²) in [5.41, 5.74) is 2.65. The maximum Gasteiger partial charge on any atom is 0.255 e. The first kappa shape index (κ1) is 15.4. The largest absolute Gasteiger partial charge is 0.348 e. The molecule has 23 heavy (non-hydrogen) atoms. The van der Waals surface area contributed by atoms with Crippen LogP contribution in [-0.4, -0.2) is 16.1 Å². The summed E-state index contributed by atoms with van der Waals surface area (Å²) in [6.45, 7) is 0.219. The fourth-order valence-corrected chi connectivity index (χ4v) is 2.62. The summed E-state index contributed by atoms with van der Waals surface area (Å²) >= 11 is 3.34. The second kappa shape index (κ2) is 6.75. The molecule has 0 saturated heterocycles. The summed E-state index contributed by atoms with van der Waals surface area (Å²) in [6.07, 6.45) is 1.48. The Kier molecular flexibility index (Phi) is 4.52. The van der Waals surface area contributed by atoms with Gasteiger partial charge in [0.05, 0.1) is 17.5 Å². The zero-order chi connectivity index (χ0) is 16.2. The van der Waals surface area contributed by atoms with Crippen molar-refractivity contribution in [1.29, 1.82) is 0 Å². The molecule has 6 heteroatoms. The molecule has 0 atom stereocenters. The van der Waals surface area contributed by atoms with Crippen LogP contribution in [0.4, 0.5) is 4.39 Å². The first-order valence-electron chi connectivity index (χ1n) is 6.96. The van der Waals surface area contributed by atoms with Crippen LogP contribution in [0.2, 0.25) is 0 Å². The van der Waals surface area contributed by atoms with Crippen LogP contribution in [-0.2, 0) is 6.54 Å². The second-order valence-corrected chi connectivity index (χ2v) is 5.80. The van der Waals surface area contributed by atoms with Crippen molar-refractivity contribution in [3.8, 4) is 11.3 Å². The van der Waals surface area contributed by atoms with E-state index in [4.69, 9.17) is 0 Å². The Morgan fingerprint density at radius 1 is 1.22 bits per heavy atom. The van der Waals surface area contributed by atoms with Gasteiger partial charge in [0.2, 0.25) is 0 Å². The van der Waals surface area contributed by atoms with E-state index >= 15 is 0 Å². The number of aromatic nitrogens is 2. The van der Waals surface area contributed by atoms with E-state index in [0.29, 0.717) is 16.8 Å². The summed E-state index contributed by atoms with van der Waals surface area (Å²) in [5.74, 6) is -0.612. The first-order valence-corrected chi connectivity index (χ1v) is 7.75. The Morgan fingerprint density at radius 3 is 2.78 bits per heavy atom. The summed E-state index contributed by atoms with van der Waals surface area (Å²) in [4.78, 5) is 12.4. The van der Waals surface area contributed by atoms with Gasteiger partial charge in [0.1, 0.15) is 5.82 Å². The van der Waals surface area contributed by atoms with Crippen LogP contribution in [0.1, 0.15) is 15.9 Å². The zero-order valence-electron chi connectivity index (χ0n) is 12.0. The van der Waals surface area contributed by atoms with Crippen molar-refractivity contribution in [2.45, 2.75) is 6.54 Å². The topological polar surface area (TPSA) is 57.8 Å². The van der Waals surface area contributed by atoms with Crippen molar-refractivity contribution in [2.75, 3.05) is 0 Å². The van der Waals surface area contributed by atoms with Crippen molar-refractivity contribution in [1.82, 2.24) is 15.5 Å². The van der Waals surface area contributed by atoms with E-state index in [1.165, 1.54) is 18.3 Å². The number of nitrogens with zero attached hydrogens (tertiary/aromatic N) is 1. The molecule has 2 N–H and O–H groups in total. The summed E-state index contributed by atoms with van der Waals surface area (Å²) in [5, 5.41) is 9.58. The highest BCUT2D eigenvalue weighted by molar-refractivity contribution is 9.10. The normalized spacial score (nSPS) is 10.5. The molecule has 3 rings (SSSR count). The smallest absolute Gasteiger partial charge is 0.255 e. The van der Waals surface area contributed by atoms with E-state index in [2.05, 4.69) is 31.4 Å². The van der Waals surface area contributed by atoms with E-state index in [-0.39, 0.29) is 18.3 Å². The molecule has 2 aromatic carbocycles. The number of halogens is 2.